The summed E-state index contributed by atoms with van der Waals surface area (Å²) >= 11 is 1.74. The summed E-state index contributed by atoms with van der Waals surface area (Å²) in [6, 6.07) is 0. The highest BCUT2D eigenvalue weighted by molar-refractivity contribution is 7.99. The minimum absolute atomic E-state index is 0.379. The summed E-state index contributed by atoms with van der Waals surface area (Å²) in [6.45, 7) is 0.919. The average molecular weight is 156 g/mol. The molecule has 0 unspecified atom stereocenters. The van der Waals surface area contributed by atoms with E-state index >= 15 is 0 Å². The van der Waals surface area contributed by atoms with Crippen LogP contribution in [-0.2, 0) is 4.74 Å². The Labute approximate surface area is 66.5 Å². The van der Waals surface area contributed by atoms with Crippen molar-refractivity contribution in [3.63, 3.8) is 0 Å². The van der Waals surface area contributed by atoms with E-state index in [0.29, 0.717) is 5.44 Å². The van der Waals surface area contributed by atoms with Gasteiger partial charge in [-0.1, -0.05) is 5.92 Å². The number of hydrogen-bond acceptors (Lipinski definition) is 2. The van der Waals surface area contributed by atoms with Gasteiger partial charge >= 0.3 is 0 Å². The van der Waals surface area contributed by atoms with E-state index in [4.69, 9.17) is 11.2 Å². The molecule has 0 aromatic carbocycles. The van der Waals surface area contributed by atoms with Crippen LogP contribution in [0.25, 0.3) is 0 Å². The molecule has 0 aliphatic carbocycles. The third kappa shape index (κ3) is 2.64. The highest BCUT2D eigenvalue weighted by Gasteiger charge is 2.12. The first-order valence-corrected chi connectivity index (χ1v) is 4.65. The molecule has 10 heavy (non-hydrogen) atoms. The first-order valence-electron chi connectivity index (χ1n) is 3.60. The van der Waals surface area contributed by atoms with Crippen molar-refractivity contribution in [2.45, 2.75) is 24.7 Å². The largest absolute Gasteiger partial charge is 0.368 e. The maximum absolute atomic E-state index is 5.45. The Morgan fingerprint density at radius 3 is 3.10 bits per heavy atom. The Morgan fingerprint density at radius 2 is 2.50 bits per heavy atom. The number of ether oxygens (including phenoxy) is 1. The van der Waals surface area contributed by atoms with Crippen LogP contribution in [0, 0.1) is 12.3 Å². The zero-order valence-electron chi connectivity index (χ0n) is 6.01. The normalized spacial score (nSPS) is 25.7. The van der Waals surface area contributed by atoms with Crippen LogP contribution < -0.4 is 0 Å². The van der Waals surface area contributed by atoms with Crippen molar-refractivity contribution in [1.29, 1.82) is 0 Å². The molecule has 2 heteroatoms. The zero-order chi connectivity index (χ0) is 7.23. The minimum Gasteiger partial charge on any atom is -0.368 e. The molecule has 1 fully saturated rings. The van der Waals surface area contributed by atoms with E-state index in [1.807, 2.05) is 0 Å². The molecule has 0 aromatic rings. The number of rotatable bonds is 2. The molecular formula is C8H12OS. The molecule has 1 saturated heterocycles. The molecule has 1 heterocycles. The quantitative estimate of drug-likeness (QED) is 0.564. The molecule has 0 bridgehead atoms. The van der Waals surface area contributed by atoms with E-state index in [0.717, 1.165) is 12.4 Å². The standard InChI is InChI=1S/C8H12OS/c1-2-7-10-8-5-3-4-6-9-8/h1,8H,3-7H2/t8-/m0/s1. The van der Waals surface area contributed by atoms with Crippen molar-refractivity contribution < 1.29 is 4.74 Å². The second-order valence-corrected chi connectivity index (χ2v) is 3.46. The van der Waals surface area contributed by atoms with Crippen LogP contribution in [0.3, 0.4) is 0 Å². The van der Waals surface area contributed by atoms with Gasteiger partial charge in [0.1, 0.15) is 5.44 Å². The molecule has 1 aliphatic heterocycles. The van der Waals surface area contributed by atoms with Gasteiger partial charge in [0, 0.05) is 6.61 Å². The van der Waals surface area contributed by atoms with Crippen molar-refractivity contribution in [3.05, 3.63) is 0 Å². The molecule has 0 radical (unpaired) electrons. The van der Waals surface area contributed by atoms with Crippen molar-refractivity contribution in [2.75, 3.05) is 12.4 Å². The van der Waals surface area contributed by atoms with Crippen molar-refractivity contribution in [3.8, 4) is 12.3 Å². The fraction of sp³-hybridized carbons (Fsp3) is 0.750. The molecule has 1 atom stereocenters. The summed E-state index contributed by atoms with van der Waals surface area (Å²) in [5.74, 6) is 3.38. The summed E-state index contributed by atoms with van der Waals surface area (Å²) in [5, 5.41) is 0. The van der Waals surface area contributed by atoms with Gasteiger partial charge in [-0.3, -0.25) is 0 Å². The first-order chi connectivity index (χ1) is 4.93. The summed E-state index contributed by atoms with van der Waals surface area (Å²) in [5.41, 5.74) is 0.379. The Balaban J connectivity index is 2.09. The van der Waals surface area contributed by atoms with E-state index < -0.39 is 0 Å². The van der Waals surface area contributed by atoms with Gasteiger partial charge in [-0.05, 0) is 19.3 Å². The maximum atomic E-state index is 5.45. The number of terminal acetylenes is 1. The number of thioether (sulfide) groups is 1. The van der Waals surface area contributed by atoms with Gasteiger partial charge < -0.3 is 4.74 Å². The Hall–Kier alpha value is -0.130. The van der Waals surface area contributed by atoms with Crippen LogP contribution in [-0.4, -0.2) is 17.8 Å². The fourth-order valence-electron chi connectivity index (χ4n) is 0.984. The van der Waals surface area contributed by atoms with Crippen molar-refractivity contribution in [2.24, 2.45) is 0 Å². The third-order valence-corrected chi connectivity index (χ3v) is 2.57. The van der Waals surface area contributed by atoms with Crippen LogP contribution in [0.15, 0.2) is 0 Å². The smallest absolute Gasteiger partial charge is 0.104 e. The lowest BCUT2D eigenvalue weighted by Gasteiger charge is -2.20. The predicted octanol–water partition coefficient (Wildman–Crippen LogP) is 1.88. The number of hydrogen-bond donors (Lipinski definition) is 0. The van der Waals surface area contributed by atoms with Crippen molar-refractivity contribution in [1.82, 2.24) is 0 Å². The molecule has 1 aliphatic rings. The van der Waals surface area contributed by atoms with Crippen molar-refractivity contribution >= 4 is 11.8 Å². The van der Waals surface area contributed by atoms with Crippen LogP contribution in [0.4, 0.5) is 0 Å². The molecule has 0 saturated carbocycles. The van der Waals surface area contributed by atoms with Crippen LogP contribution >= 0.6 is 11.8 Å². The molecule has 1 rings (SSSR count). The molecule has 0 aromatic heterocycles. The third-order valence-electron chi connectivity index (χ3n) is 1.49. The van der Waals surface area contributed by atoms with E-state index in [2.05, 4.69) is 5.92 Å². The summed E-state index contributed by atoms with van der Waals surface area (Å²) in [4.78, 5) is 0. The topological polar surface area (TPSA) is 9.23 Å². The summed E-state index contributed by atoms with van der Waals surface area (Å²) < 4.78 is 5.45. The van der Waals surface area contributed by atoms with Gasteiger partial charge in [0.05, 0.1) is 5.75 Å². The monoisotopic (exact) mass is 156 g/mol. The van der Waals surface area contributed by atoms with Crippen LogP contribution in [0.5, 0.6) is 0 Å². The van der Waals surface area contributed by atoms with E-state index in [1.54, 1.807) is 11.8 Å². The first kappa shape index (κ1) is 7.97. The Bertz CT molecular complexity index is 122. The Morgan fingerprint density at radius 1 is 1.60 bits per heavy atom. The van der Waals surface area contributed by atoms with Gasteiger partial charge in [-0.15, -0.1) is 18.2 Å². The second-order valence-electron chi connectivity index (χ2n) is 2.31. The lowest BCUT2D eigenvalue weighted by Crippen LogP contribution is -2.15. The second kappa shape index (κ2) is 4.65. The molecule has 0 N–H and O–H groups in total. The average Bonchev–Trinajstić information content (AvgIpc) is 2.03. The van der Waals surface area contributed by atoms with Gasteiger partial charge in [-0.25, -0.2) is 0 Å². The molecular weight excluding hydrogens is 144 g/mol. The SMILES string of the molecule is C#CCS[C@H]1CCCCO1. The predicted molar refractivity (Wildman–Crippen MR) is 44.9 cm³/mol. The maximum Gasteiger partial charge on any atom is 0.104 e. The van der Waals surface area contributed by atoms with E-state index in [1.165, 1.54) is 19.3 Å². The van der Waals surface area contributed by atoms with E-state index in [-0.39, 0.29) is 0 Å². The Kier molecular flexibility index (Phi) is 3.71. The highest BCUT2D eigenvalue weighted by atomic mass is 32.2. The zero-order valence-corrected chi connectivity index (χ0v) is 6.82. The highest BCUT2D eigenvalue weighted by Crippen LogP contribution is 2.22. The molecule has 1 nitrogen and oxygen atoms in total. The van der Waals surface area contributed by atoms with Crippen LogP contribution in [0.2, 0.25) is 0 Å². The summed E-state index contributed by atoms with van der Waals surface area (Å²) in [7, 11) is 0. The van der Waals surface area contributed by atoms with Gasteiger partial charge in [-0.2, -0.15) is 0 Å². The van der Waals surface area contributed by atoms with Crippen LogP contribution in [0.1, 0.15) is 19.3 Å². The van der Waals surface area contributed by atoms with Gasteiger partial charge in [0.15, 0.2) is 0 Å². The molecule has 56 valence electrons. The molecule has 0 amide bonds. The van der Waals surface area contributed by atoms with Gasteiger partial charge in [0.2, 0.25) is 0 Å². The minimum atomic E-state index is 0.379. The van der Waals surface area contributed by atoms with E-state index in [9.17, 15) is 0 Å². The lowest BCUT2D eigenvalue weighted by molar-refractivity contribution is 0.0730. The fourth-order valence-corrected chi connectivity index (χ4v) is 1.79. The summed E-state index contributed by atoms with van der Waals surface area (Å²) in [6.07, 6.45) is 8.80. The van der Waals surface area contributed by atoms with Gasteiger partial charge in [0.25, 0.3) is 0 Å². The molecule has 0 spiro atoms. The lowest BCUT2D eigenvalue weighted by atomic mass is 10.2.